The third-order valence-electron chi connectivity index (χ3n) is 2.32. The number of aryl methyl sites for hydroxylation is 1. The Morgan fingerprint density at radius 2 is 2.00 bits per heavy atom. The summed E-state index contributed by atoms with van der Waals surface area (Å²) < 4.78 is 5.38. The first kappa shape index (κ1) is 12.3. The Balaban J connectivity index is 2.05. The van der Waals surface area contributed by atoms with E-state index in [1.807, 2.05) is 32.0 Å². The summed E-state index contributed by atoms with van der Waals surface area (Å²) in [5.41, 5.74) is 2.01. The molecule has 0 bridgehead atoms. The Kier molecular flexibility index (Phi) is 4.06. The van der Waals surface area contributed by atoms with E-state index in [0.717, 1.165) is 11.3 Å². The lowest BCUT2D eigenvalue weighted by Crippen LogP contribution is -2.06. The van der Waals surface area contributed by atoms with Gasteiger partial charge in [-0.25, -0.2) is 4.98 Å². The zero-order valence-electron chi connectivity index (χ0n) is 10.6. The van der Waals surface area contributed by atoms with E-state index in [1.54, 1.807) is 12.4 Å². The Labute approximate surface area is 106 Å². The number of anilines is 1. The molecule has 0 saturated heterocycles. The number of ether oxygens (including phenoxy) is 1. The second-order valence-electron chi connectivity index (χ2n) is 3.81. The molecule has 0 spiro atoms. The van der Waals surface area contributed by atoms with Crippen molar-refractivity contribution < 1.29 is 4.74 Å². The van der Waals surface area contributed by atoms with Gasteiger partial charge in [-0.15, -0.1) is 0 Å². The summed E-state index contributed by atoms with van der Waals surface area (Å²) in [6.45, 7) is 5.11. The average molecular weight is 244 g/mol. The topological polar surface area (TPSA) is 59.9 Å². The van der Waals surface area contributed by atoms with Crippen molar-refractivity contribution in [2.45, 2.75) is 20.4 Å². The van der Waals surface area contributed by atoms with E-state index in [-0.39, 0.29) is 0 Å². The zero-order valence-corrected chi connectivity index (χ0v) is 10.6. The van der Waals surface area contributed by atoms with Gasteiger partial charge in [0.15, 0.2) is 0 Å². The van der Waals surface area contributed by atoms with E-state index in [9.17, 15) is 0 Å². The molecule has 18 heavy (non-hydrogen) atoms. The Bertz CT molecular complexity index is 502. The van der Waals surface area contributed by atoms with Crippen molar-refractivity contribution in [2.75, 3.05) is 11.9 Å². The van der Waals surface area contributed by atoms with Crippen LogP contribution in [0.1, 0.15) is 18.2 Å². The van der Waals surface area contributed by atoms with Crippen molar-refractivity contribution >= 4 is 5.95 Å². The largest absolute Gasteiger partial charge is 0.478 e. The maximum absolute atomic E-state index is 5.38. The van der Waals surface area contributed by atoms with E-state index in [0.29, 0.717) is 25.0 Å². The highest BCUT2D eigenvalue weighted by molar-refractivity contribution is 5.31. The SMILES string of the molecule is CCOc1cc(C)nc(NCc2ccncc2)n1. The van der Waals surface area contributed by atoms with E-state index < -0.39 is 0 Å². The molecule has 0 aliphatic carbocycles. The number of hydrogen-bond donors (Lipinski definition) is 1. The maximum Gasteiger partial charge on any atom is 0.226 e. The fraction of sp³-hybridized carbons (Fsp3) is 0.308. The van der Waals surface area contributed by atoms with Gasteiger partial charge in [0.1, 0.15) is 0 Å². The molecule has 2 aromatic rings. The minimum Gasteiger partial charge on any atom is -0.478 e. The van der Waals surface area contributed by atoms with Crippen LogP contribution in [-0.2, 0) is 6.54 Å². The predicted octanol–water partition coefficient (Wildman–Crippen LogP) is 2.19. The molecule has 0 amide bonds. The van der Waals surface area contributed by atoms with Gasteiger partial charge in [-0.3, -0.25) is 4.98 Å². The number of rotatable bonds is 5. The number of pyridine rings is 1. The van der Waals surface area contributed by atoms with Gasteiger partial charge in [0.05, 0.1) is 6.61 Å². The zero-order chi connectivity index (χ0) is 12.8. The second kappa shape index (κ2) is 5.95. The summed E-state index contributed by atoms with van der Waals surface area (Å²) in [5, 5.41) is 3.17. The highest BCUT2D eigenvalue weighted by atomic mass is 16.5. The molecule has 0 aliphatic heterocycles. The molecule has 94 valence electrons. The first-order valence-corrected chi connectivity index (χ1v) is 5.89. The molecule has 2 heterocycles. The van der Waals surface area contributed by atoms with Crippen LogP contribution in [0.15, 0.2) is 30.6 Å². The molecule has 0 unspecified atom stereocenters. The average Bonchev–Trinajstić information content (AvgIpc) is 2.37. The summed E-state index contributed by atoms with van der Waals surface area (Å²) in [5.74, 6) is 1.18. The van der Waals surface area contributed by atoms with Crippen LogP contribution < -0.4 is 10.1 Å². The Morgan fingerprint density at radius 3 is 2.72 bits per heavy atom. The molecular formula is C13H16N4O. The van der Waals surface area contributed by atoms with Crippen LogP contribution in [0.4, 0.5) is 5.95 Å². The van der Waals surface area contributed by atoms with E-state index in [2.05, 4.69) is 20.3 Å². The fourth-order valence-electron chi connectivity index (χ4n) is 1.52. The van der Waals surface area contributed by atoms with E-state index in [4.69, 9.17) is 4.74 Å². The molecular weight excluding hydrogens is 228 g/mol. The van der Waals surface area contributed by atoms with Crippen LogP contribution in [0, 0.1) is 6.92 Å². The van der Waals surface area contributed by atoms with Crippen molar-refractivity contribution in [3.8, 4) is 5.88 Å². The highest BCUT2D eigenvalue weighted by Gasteiger charge is 2.02. The van der Waals surface area contributed by atoms with Crippen molar-refractivity contribution in [1.82, 2.24) is 15.0 Å². The molecule has 0 radical (unpaired) electrons. The molecule has 1 N–H and O–H groups in total. The summed E-state index contributed by atoms with van der Waals surface area (Å²) >= 11 is 0. The molecule has 5 nitrogen and oxygen atoms in total. The second-order valence-corrected chi connectivity index (χ2v) is 3.81. The van der Waals surface area contributed by atoms with Crippen molar-refractivity contribution in [3.63, 3.8) is 0 Å². The first-order chi connectivity index (χ1) is 8.78. The van der Waals surface area contributed by atoms with Gasteiger partial charge in [-0.05, 0) is 31.5 Å². The molecule has 0 atom stereocenters. The summed E-state index contributed by atoms with van der Waals surface area (Å²) in [6.07, 6.45) is 3.53. The number of nitrogens with zero attached hydrogens (tertiary/aromatic N) is 3. The number of nitrogens with one attached hydrogen (secondary N) is 1. The fourth-order valence-corrected chi connectivity index (χ4v) is 1.52. The predicted molar refractivity (Wildman–Crippen MR) is 69.5 cm³/mol. The lowest BCUT2D eigenvalue weighted by atomic mass is 10.3. The molecule has 2 rings (SSSR count). The van der Waals surface area contributed by atoms with Crippen LogP contribution in [0.3, 0.4) is 0 Å². The van der Waals surface area contributed by atoms with E-state index >= 15 is 0 Å². The Hall–Kier alpha value is -2.17. The normalized spacial score (nSPS) is 10.1. The smallest absolute Gasteiger partial charge is 0.226 e. The number of aromatic nitrogens is 3. The van der Waals surface area contributed by atoms with Gasteiger partial charge in [0.25, 0.3) is 0 Å². The van der Waals surface area contributed by atoms with Gasteiger partial charge >= 0.3 is 0 Å². The van der Waals surface area contributed by atoms with E-state index in [1.165, 1.54) is 0 Å². The Morgan fingerprint density at radius 1 is 1.22 bits per heavy atom. The number of hydrogen-bond acceptors (Lipinski definition) is 5. The van der Waals surface area contributed by atoms with Crippen LogP contribution in [0.25, 0.3) is 0 Å². The first-order valence-electron chi connectivity index (χ1n) is 5.89. The highest BCUT2D eigenvalue weighted by Crippen LogP contribution is 2.12. The van der Waals surface area contributed by atoms with Crippen molar-refractivity contribution in [2.24, 2.45) is 0 Å². The van der Waals surface area contributed by atoms with Crippen LogP contribution in [0.2, 0.25) is 0 Å². The molecule has 2 aromatic heterocycles. The van der Waals surface area contributed by atoms with Crippen molar-refractivity contribution in [3.05, 3.63) is 41.9 Å². The third kappa shape index (κ3) is 3.41. The van der Waals surface area contributed by atoms with Gasteiger partial charge in [0, 0.05) is 30.7 Å². The minimum atomic E-state index is 0.579. The van der Waals surface area contributed by atoms with Crippen LogP contribution in [0.5, 0.6) is 5.88 Å². The van der Waals surface area contributed by atoms with Gasteiger partial charge in [-0.2, -0.15) is 4.98 Å². The molecule has 5 heteroatoms. The molecule has 0 fully saturated rings. The van der Waals surface area contributed by atoms with Crippen LogP contribution >= 0.6 is 0 Å². The molecule has 0 aliphatic rings. The summed E-state index contributed by atoms with van der Waals surface area (Å²) in [4.78, 5) is 12.6. The van der Waals surface area contributed by atoms with Crippen LogP contribution in [-0.4, -0.2) is 21.6 Å². The monoisotopic (exact) mass is 244 g/mol. The standard InChI is InChI=1S/C13H16N4O/c1-3-18-12-8-10(2)16-13(17-12)15-9-11-4-6-14-7-5-11/h4-8H,3,9H2,1-2H3,(H,15,16,17). The molecule has 0 saturated carbocycles. The quantitative estimate of drug-likeness (QED) is 0.873. The van der Waals surface area contributed by atoms with Gasteiger partial charge < -0.3 is 10.1 Å². The summed E-state index contributed by atoms with van der Waals surface area (Å²) in [7, 11) is 0. The van der Waals surface area contributed by atoms with Gasteiger partial charge in [-0.1, -0.05) is 0 Å². The lowest BCUT2D eigenvalue weighted by molar-refractivity contribution is 0.326. The minimum absolute atomic E-state index is 0.579. The third-order valence-corrected chi connectivity index (χ3v) is 2.32. The maximum atomic E-state index is 5.38. The molecule has 0 aromatic carbocycles. The van der Waals surface area contributed by atoms with Gasteiger partial charge in [0.2, 0.25) is 11.8 Å². The lowest BCUT2D eigenvalue weighted by Gasteiger charge is -2.08. The summed E-state index contributed by atoms with van der Waals surface area (Å²) in [6, 6.07) is 5.72. The van der Waals surface area contributed by atoms with Crippen molar-refractivity contribution in [1.29, 1.82) is 0 Å².